The summed E-state index contributed by atoms with van der Waals surface area (Å²) in [5.41, 5.74) is 2.50. The second-order valence-electron chi connectivity index (χ2n) is 4.40. The third-order valence-corrected chi connectivity index (χ3v) is 3.20. The molecule has 0 atom stereocenters. The maximum absolute atomic E-state index is 2.35. The van der Waals surface area contributed by atoms with Crippen LogP contribution in [0.4, 0.5) is 5.69 Å². The molecule has 0 saturated heterocycles. The van der Waals surface area contributed by atoms with Crippen LogP contribution in [-0.2, 0) is 0 Å². The zero-order chi connectivity index (χ0) is 13.5. The van der Waals surface area contributed by atoms with Crippen LogP contribution in [0.25, 0.3) is 12.3 Å². The molecule has 19 heavy (non-hydrogen) atoms. The minimum Gasteiger partial charge on any atom is -0.372 e. The number of anilines is 1. The third-order valence-electron chi connectivity index (χ3n) is 3.20. The van der Waals surface area contributed by atoms with Crippen molar-refractivity contribution in [2.45, 2.75) is 13.8 Å². The van der Waals surface area contributed by atoms with Crippen LogP contribution in [0.5, 0.6) is 0 Å². The van der Waals surface area contributed by atoms with Crippen LogP contribution in [0.15, 0.2) is 54.9 Å². The Morgan fingerprint density at radius 2 is 1.58 bits per heavy atom. The highest BCUT2D eigenvalue weighted by molar-refractivity contribution is 5.60. The van der Waals surface area contributed by atoms with E-state index in [1.54, 1.807) is 0 Å². The number of aromatic nitrogens is 1. The highest BCUT2D eigenvalue weighted by Crippen LogP contribution is 2.15. The molecular weight excluding hydrogens is 232 g/mol. The van der Waals surface area contributed by atoms with E-state index < -0.39 is 0 Å². The van der Waals surface area contributed by atoms with Crippen molar-refractivity contribution < 1.29 is 4.57 Å². The van der Waals surface area contributed by atoms with Crippen LogP contribution in [0.1, 0.15) is 19.4 Å². The number of hydrogen-bond donors (Lipinski definition) is 0. The SMILES string of the molecule is CCN(CC)c1ccc(/C=C/[n+]2ccccc2)cc1. The van der Waals surface area contributed by atoms with Crippen LogP contribution >= 0.6 is 0 Å². The first-order chi connectivity index (χ1) is 9.33. The first-order valence-electron chi connectivity index (χ1n) is 6.82. The standard InChI is InChI=1S/C17H21N2/c1-3-19(4-2)17-10-8-16(9-11-17)12-15-18-13-6-5-7-14-18/h5-15H,3-4H2,1-2H3/q+1/b15-12+. The van der Waals surface area contributed by atoms with E-state index in [9.17, 15) is 0 Å². The minimum atomic E-state index is 1.05. The molecular formula is C17H21N2+. The van der Waals surface area contributed by atoms with E-state index in [0.29, 0.717) is 0 Å². The summed E-state index contributed by atoms with van der Waals surface area (Å²) in [5, 5.41) is 0. The van der Waals surface area contributed by atoms with Gasteiger partial charge in [-0.3, -0.25) is 0 Å². The summed E-state index contributed by atoms with van der Waals surface area (Å²) in [6.45, 7) is 6.46. The molecule has 0 aliphatic heterocycles. The van der Waals surface area contributed by atoms with Crippen molar-refractivity contribution in [3.8, 4) is 0 Å². The number of nitrogens with zero attached hydrogens (tertiary/aromatic N) is 2. The molecule has 2 nitrogen and oxygen atoms in total. The average Bonchev–Trinajstić information content (AvgIpc) is 2.49. The second kappa shape index (κ2) is 6.74. The van der Waals surface area contributed by atoms with E-state index in [1.165, 1.54) is 11.3 Å². The van der Waals surface area contributed by atoms with Gasteiger partial charge < -0.3 is 4.90 Å². The summed E-state index contributed by atoms with van der Waals surface area (Å²) in [7, 11) is 0. The molecule has 0 aliphatic rings. The predicted molar refractivity (Wildman–Crippen MR) is 81.9 cm³/mol. The van der Waals surface area contributed by atoms with Gasteiger partial charge in [0.1, 0.15) is 0 Å². The van der Waals surface area contributed by atoms with E-state index in [-0.39, 0.29) is 0 Å². The fraction of sp³-hybridized carbons (Fsp3) is 0.235. The van der Waals surface area contributed by atoms with Gasteiger partial charge in [-0.15, -0.1) is 0 Å². The van der Waals surface area contributed by atoms with Crippen LogP contribution in [0, 0.1) is 0 Å². The lowest BCUT2D eigenvalue weighted by molar-refractivity contribution is -0.567. The lowest BCUT2D eigenvalue weighted by Gasteiger charge is -2.20. The highest BCUT2D eigenvalue weighted by Gasteiger charge is 2.00. The first kappa shape index (κ1) is 13.3. The summed E-state index contributed by atoms with van der Waals surface area (Å²) in [4.78, 5) is 2.35. The van der Waals surface area contributed by atoms with Gasteiger partial charge in [0, 0.05) is 37.0 Å². The molecule has 0 aliphatic carbocycles. The molecule has 2 rings (SSSR count). The summed E-state index contributed by atoms with van der Waals surface area (Å²) < 4.78 is 2.04. The van der Waals surface area contributed by atoms with Gasteiger partial charge in [-0.1, -0.05) is 18.2 Å². The van der Waals surface area contributed by atoms with Crippen molar-refractivity contribution in [1.29, 1.82) is 0 Å². The molecule has 2 heteroatoms. The van der Waals surface area contributed by atoms with Gasteiger partial charge in [0.2, 0.25) is 0 Å². The zero-order valence-electron chi connectivity index (χ0n) is 11.7. The molecule has 98 valence electrons. The van der Waals surface area contributed by atoms with E-state index in [4.69, 9.17) is 0 Å². The Morgan fingerprint density at radius 1 is 0.947 bits per heavy atom. The maximum Gasteiger partial charge on any atom is 0.175 e. The zero-order valence-corrected chi connectivity index (χ0v) is 11.7. The van der Waals surface area contributed by atoms with Crippen molar-refractivity contribution in [2.75, 3.05) is 18.0 Å². The van der Waals surface area contributed by atoms with Gasteiger partial charge in [0.05, 0.1) is 0 Å². The van der Waals surface area contributed by atoms with Crippen molar-refractivity contribution in [2.24, 2.45) is 0 Å². The molecule has 0 N–H and O–H groups in total. The fourth-order valence-corrected chi connectivity index (χ4v) is 2.07. The molecule has 1 aromatic heterocycles. The molecule has 0 unspecified atom stereocenters. The second-order valence-corrected chi connectivity index (χ2v) is 4.40. The maximum atomic E-state index is 2.35. The lowest BCUT2D eigenvalue weighted by atomic mass is 10.2. The molecule has 0 radical (unpaired) electrons. The lowest BCUT2D eigenvalue weighted by Crippen LogP contribution is -2.23. The van der Waals surface area contributed by atoms with Crippen molar-refractivity contribution in [1.82, 2.24) is 0 Å². The molecule has 0 saturated carbocycles. The van der Waals surface area contributed by atoms with Gasteiger partial charge in [-0.05, 0) is 31.5 Å². The van der Waals surface area contributed by atoms with E-state index in [1.807, 2.05) is 35.2 Å². The van der Waals surface area contributed by atoms with Gasteiger partial charge in [-0.2, -0.15) is 4.57 Å². The third kappa shape index (κ3) is 3.68. The van der Waals surface area contributed by atoms with E-state index in [0.717, 1.165) is 13.1 Å². The molecule has 1 heterocycles. The first-order valence-corrected chi connectivity index (χ1v) is 6.82. The monoisotopic (exact) mass is 253 g/mol. The van der Waals surface area contributed by atoms with Crippen molar-refractivity contribution in [3.05, 3.63) is 60.4 Å². The van der Waals surface area contributed by atoms with Gasteiger partial charge >= 0.3 is 0 Å². The Kier molecular flexibility index (Phi) is 4.73. The number of rotatable bonds is 5. The van der Waals surface area contributed by atoms with Crippen LogP contribution in [-0.4, -0.2) is 13.1 Å². The molecule has 0 amide bonds. The predicted octanol–water partition coefficient (Wildman–Crippen LogP) is 3.45. The molecule has 1 aromatic carbocycles. The van der Waals surface area contributed by atoms with E-state index in [2.05, 4.69) is 55.3 Å². The van der Waals surface area contributed by atoms with Gasteiger partial charge in [0.25, 0.3) is 0 Å². The molecule has 0 bridgehead atoms. The summed E-state index contributed by atoms with van der Waals surface area (Å²) in [6.07, 6.45) is 8.24. The minimum absolute atomic E-state index is 1.05. The topological polar surface area (TPSA) is 7.12 Å². The van der Waals surface area contributed by atoms with Gasteiger partial charge in [-0.25, -0.2) is 0 Å². The van der Waals surface area contributed by atoms with Crippen molar-refractivity contribution in [3.63, 3.8) is 0 Å². The van der Waals surface area contributed by atoms with Crippen LogP contribution < -0.4 is 9.47 Å². The Bertz CT molecular complexity index is 511. The summed E-state index contributed by atoms with van der Waals surface area (Å²) in [6, 6.07) is 14.7. The Balaban J connectivity index is 2.09. The smallest absolute Gasteiger partial charge is 0.175 e. The Morgan fingerprint density at radius 3 is 2.16 bits per heavy atom. The quantitative estimate of drug-likeness (QED) is 0.740. The van der Waals surface area contributed by atoms with E-state index >= 15 is 0 Å². The Labute approximate surface area is 115 Å². The largest absolute Gasteiger partial charge is 0.372 e. The molecule has 0 fully saturated rings. The number of benzene rings is 1. The molecule has 2 aromatic rings. The molecule has 0 spiro atoms. The van der Waals surface area contributed by atoms with Crippen LogP contribution in [0.3, 0.4) is 0 Å². The number of hydrogen-bond acceptors (Lipinski definition) is 1. The fourth-order valence-electron chi connectivity index (χ4n) is 2.07. The summed E-state index contributed by atoms with van der Waals surface area (Å²) in [5.74, 6) is 0. The number of pyridine rings is 1. The highest BCUT2D eigenvalue weighted by atomic mass is 15.1. The summed E-state index contributed by atoms with van der Waals surface area (Å²) >= 11 is 0. The Hall–Kier alpha value is -2.09. The average molecular weight is 253 g/mol. The van der Waals surface area contributed by atoms with Gasteiger partial charge in [0.15, 0.2) is 18.6 Å². The normalized spacial score (nSPS) is 10.8. The van der Waals surface area contributed by atoms with Crippen molar-refractivity contribution >= 4 is 18.0 Å². The van der Waals surface area contributed by atoms with Crippen LogP contribution in [0.2, 0.25) is 0 Å².